The van der Waals surface area contributed by atoms with Gasteiger partial charge in [-0.25, -0.2) is 0 Å². The summed E-state index contributed by atoms with van der Waals surface area (Å²) in [5.41, 5.74) is 1.11. The third-order valence-electron chi connectivity index (χ3n) is 2.33. The van der Waals surface area contributed by atoms with Crippen LogP contribution in [0.2, 0.25) is 0 Å². The van der Waals surface area contributed by atoms with E-state index in [-0.39, 0.29) is 0 Å². The number of nitrogens with zero attached hydrogens (tertiary/aromatic N) is 5. The van der Waals surface area contributed by atoms with Crippen LogP contribution in [0, 0.1) is 0 Å². The van der Waals surface area contributed by atoms with Crippen molar-refractivity contribution in [2.75, 3.05) is 18.0 Å². The monoisotopic (exact) mass is 465 g/mol. The van der Waals surface area contributed by atoms with Gasteiger partial charge in [0.05, 0.1) is 18.1 Å². The molecule has 0 spiro atoms. The van der Waals surface area contributed by atoms with Crippen molar-refractivity contribution < 1.29 is 0 Å². The molecule has 0 saturated heterocycles. The third-order valence-corrected chi connectivity index (χ3v) is 3.54. The number of halogens is 3. The molecule has 0 radical (unpaired) electrons. The molecule has 2 aromatic heterocycles. The van der Waals surface area contributed by atoms with Gasteiger partial charge < -0.3 is 4.90 Å². The maximum atomic E-state index is 3.86. The Hall–Kier alpha value is -0.600. The number of anilines is 1. The number of hydrogen-bond donors (Lipinski definition) is 0. The van der Waals surface area contributed by atoms with Gasteiger partial charge in [0.15, 0.2) is 0 Å². The van der Waals surface area contributed by atoms with E-state index in [1.165, 1.54) is 0 Å². The maximum Gasteiger partial charge on any atom is 0.130 e. The first kappa shape index (κ1) is 17.5. The van der Waals surface area contributed by atoms with Crippen molar-refractivity contribution in [1.29, 1.82) is 0 Å². The molecule has 0 unspecified atom stereocenters. The molecule has 2 rings (SSSR count). The Balaban J connectivity index is 0.000000217. The zero-order valence-electron chi connectivity index (χ0n) is 11.1. The molecule has 0 aliphatic heterocycles. The fourth-order valence-electron chi connectivity index (χ4n) is 1.41. The first-order valence-electron chi connectivity index (χ1n) is 5.93. The summed E-state index contributed by atoms with van der Waals surface area (Å²) in [7, 11) is 0. The molecule has 0 N–H and O–H groups in total. The molecular weight excluding hydrogens is 454 g/mol. The summed E-state index contributed by atoms with van der Waals surface area (Å²) >= 11 is 9.68. The average molecular weight is 468 g/mol. The summed E-state index contributed by atoms with van der Waals surface area (Å²) in [5, 5.41) is 15.0. The van der Waals surface area contributed by atoms with Crippen LogP contribution in [0.1, 0.15) is 13.8 Å². The smallest absolute Gasteiger partial charge is 0.130 e. The summed E-state index contributed by atoms with van der Waals surface area (Å²) in [6.07, 6.45) is 3.41. The molecular formula is C12H14Br3N5. The molecule has 0 aromatic carbocycles. The van der Waals surface area contributed by atoms with Gasteiger partial charge in [-0.05, 0) is 73.8 Å². The lowest BCUT2D eigenvalue weighted by atomic mass is 10.4. The molecule has 108 valence electrons. The van der Waals surface area contributed by atoms with E-state index in [9.17, 15) is 0 Å². The van der Waals surface area contributed by atoms with Gasteiger partial charge in [-0.15, -0.1) is 10.2 Å². The Morgan fingerprint density at radius 2 is 1.45 bits per heavy atom. The lowest BCUT2D eigenvalue weighted by Crippen LogP contribution is -2.21. The molecule has 8 heteroatoms. The first-order chi connectivity index (χ1) is 9.56. The van der Waals surface area contributed by atoms with Crippen molar-refractivity contribution in [2.45, 2.75) is 13.8 Å². The second kappa shape index (κ2) is 9.36. The minimum absolute atomic E-state index is 0.742. The van der Waals surface area contributed by atoms with Gasteiger partial charge in [0.25, 0.3) is 0 Å². The largest absolute Gasteiger partial charge is 0.371 e. The van der Waals surface area contributed by atoms with Crippen LogP contribution in [0.4, 0.5) is 5.69 Å². The first-order valence-corrected chi connectivity index (χ1v) is 8.31. The van der Waals surface area contributed by atoms with Gasteiger partial charge in [0.2, 0.25) is 0 Å². The summed E-state index contributed by atoms with van der Waals surface area (Å²) in [6.45, 7) is 6.24. The van der Waals surface area contributed by atoms with E-state index in [0.29, 0.717) is 0 Å². The average Bonchev–Trinajstić information content (AvgIpc) is 2.41. The molecule has 0 aliphatic carbocycles. The topological polar surface area (TPSA) is 54.8 Å². The molecule has 0 amide bonds. The minimum Gasteiger partial charge on any atom is -0.371 e. The number of hydrogen-bond acceptors (Lipinski definition) is 5. The van der Waals surface area contributed by atoms with Crippen molar-refractivity contribution in [3.8, 4) is 0 Å². The predicted molar refractivity (Wildman–Crippen MR) is 90.7 cm³/mol. The summed E-state index contributed by atoms with van der Waals surface area (Å²) in [5.74, 6) is 0. The Morgan fingerprint density at radius 3 is 1.85 bits per heavy atom. The Kier molecular flexibility index (Phi) is 8.16. The molecule has 20 heavy (non-hydrogen) atoms. The Morgan fingerprint density at radius 1 is 0.900 bits per heavy atom. The highest BCUT2D eigenvalue weighted by molar-refractivity contribution is 9.11. The fraction of sp³-hybridized carbons (Fsp3) is 0.333. The van der Waals surface area contributed by atoms with Gasteiger partial charge in [-0.3, -0.25) is 0 Å². The van der Waals surface area contributed by atoms with Crippen LogP contribution in [-0.2, 0) is 0 Å². The van der Waals surface area contributed by atoms with Crippen molar-refractivity contribution >= 4 is 53.5 Å². The van der Waals surface area contributed by atoms with Crippen molar-refractivity contribution in [1.82, 2.24) is 20.4 Å². The van der Waals surface area contributed by atoms with E-state index >= 15 is 0 Å². The number of rotatable bonds is 3. The quantitative estimate of drug-likeness (QED) is 0.680. The lowest BCUT2D eigenvalue weighted by Gasteiger charge is -2.19. The molecule has 2 heterocycles. The highest BCUT2D eigenvalue weighted by Gasteiger charge is 2.01. The summed E-state index contributed by atoms with van der Waals surface area (Å²) in [6, 6.07) is 3.80. The van der Waals surface area contributed by atoms with Gasteiger partial charge in [-0.2, -0.15) is 10.2 Å². The van der Waals surface area contributed by atoms with Crippen LogP contribution in [0.3, 0.4) is 0 Å². The highest BCUT2D eigenvalue weighted by atomic mass is 79.9. The molecule has 0 saturated carbocycles. The van der Waals surface area contributed by atoms with Crippen LogP contribution in [0.5, 0.6) is 0 Å². The number of aromatic nitrogens is 4. The van der Waals surface area contributed by atoms with Gasteiger partial charge in [0, 0.05) is 17.6 Å². The van der Waals surface area contributed by atoms with E-state index in [1.54, 1.807) is 12.4 Å². The summed E-state index contributed by atoms with van der Waals surface area (Å²) < 4.78 is 2.46. The van der Waals surface area contributed by atoms with Gasteiger partial charge in [0.1, 0.15) is 9.21 Å². The van der Waals surface area contributed by atoms with E-state index in [4.69, 9.17) is 0 Å². The standard InChI is InChI=1S/C8H12BrN3.C4H2Br2N2/c1-3-12(4-2)7-5-8(9)11-10-6-7;5-3-1-4(6)8-7-2-3/h5-6H,3-4H2,1-2H3;1-2H. The molecule has 2 aromatic rings. The third kappa shape index (κ3) is 6.23. The zero-order chi connectivity index (χ0) is 15.0. The summed E-state index contributed by atoms with van der Waals surface area (Å²) in [4.78, 5) is 2.22. The minimum atomic E-state index is 0.742. The van der Waals surface area contributed by atoms with Gasteiger partial charge in [-0.1, -0.05) is 0 Å². The Bertz CT molecular complexity index is 517. The molecule has 0 bridgehead atoms. The lowest BCUT2D eigenvalue weighted by molar-refractivity contribution is 0.851. The maximum absolute atomic E-state index is 3.86. The van der Waals surface area contributed by atoms with Crippen molar-refractivity contribution in [3.63, 3.8) is 0 Å². The molecule has 0 atom stereocenters. The molecule has 0 fully saturated rings. The van der Waals surface area contributed by atoms with Crippen molar-refractivity contribution in [2.24, 2.45) is 0 Å². The zero-order valence-corrected chi connectivity index (χ0v) is 15.9. The second-order valence-electron chi connectivity index (χ2n) is 3.61. The Labute approximate surface area is 143 Å². The van der Waals surface area contributed by atoms with E-state index < -0.39 is 0 Å². The normalized spacial score (nSPS) is 9.65. The van der Waals surface area contributed by atoms with Crippen LogP contribution < -0.4 is 4.90 Å². The van der Waals surface area contributed by atoms with Crippen LogP contribution in [0.15, 0.2) is 38.2 Å². The molecule has 5 nitrogen and oxygen atoms in total. The highest BCUT2D eigenvalue weighted by Crippen LogP contribution is 2.15. The van der Waals surface area contributed by atoms with E-state index in [2.05, 4.69) is 86.9 Å². The molecule has 0 aliphatic rings. The fourth-order valence-corrected chi connectivity index (χ4v) is 2.69. The SMILES string of the molecule is Brc1cnnc(Br)c1.CCN(CC)c1cnnc(Br)c1. The van der Waals surface area contributed by atoms with Crippen LogP contribution in [0.25, 0.3) is 0 Å². The van der Waals surface area contributed by atoms with Crippen LogP contribution in [-0.4, -0.2) is 33.5 Å². The van der Waals surface area contributed by atoms with E-state index in [0.717, 1.165) is 32.5 Å². The van der Waals surface area contributed by atoms with E-state index in [1.807, 2.05) is 12.1 Å². The second-order valence-corrected chi connectivity index (χ2v) is 6.15. The van der Waals surface area contributed by atoms with Gasteiger partial charge >= 0.3 is 0 Å². The van der Waals surface area contributed by atoms with Crippen LogP contribution >= 0.6 is 47.8 Å². The van der Waals surface area contributed by atoms with Crippen molar-refractivity contribution in [3.05, 3.63) is 38.2 Å². The predicted octanol–water partition coefficient (Wildman–Crippen LogP) is 4.09.